The molecule has 0 N–H and O–H groups in total. The summed E-state index contributed by atoms with van der Waals surface area (Å²) in [7, 11) is -3.22. The quantitative estimate of drug-likeness (QED) is 0.878. The molecule has 18 heavy (non-hydrogen) atoms. The van der Waals surface area contributed by atoms with Gasteiger partial charge in [0.15, 0.2) is 9.84 Å². The second kappa shape index (κ2) is 5.04. The zero-order valence-corrected chi connectivity index (χ0v) is 11.4. The second-order valence-corrected chi connectivity index (χ2v) is 6.38. The zero-order valence-electron chi connectivity index (χ0n) is 9.70. The summed E-state index contributed by atoms with van der Waals surface area (Å²) in [5.74, 6) is 1.10. The first-order valence-electron chi connectivity index (χ1n) is 5.22. The van der Waals surface area contributed by atoms with E-state index in [4.69, 9.17) is 4.74 Å². The minimum Gasteiger partial charge on any atom is -0.457 e. The van der Waals surface area contributed by atoms with Crippen molar-refractivity contribution in [3.63, 3.8) is 0 Å². The molecule has 5 heteroatoms. The van der Waals surface area contributed by atoms with Gasteiger partial charge in [0, 0.05) is 11.2 Å². The number of hydrogen-bond acceptors (Lipinski definition) is 4. The van der Waals surface area contributed by atoms with E-state index in [1.54, 1.807) is 24.3 Å². The Hall–Kier alpha value is -1.46. The summed E-state index contributed by atoms with van der Waals surface area (Å²) in [4.78, 5) is 1.02. The van der Waals surface area contributed by atoms with Gasteiger partial charge in [0.2, 0.25) is 0 Å². The van der Waals surface area contributed by atoms with Crippen LogP contribution in [-0.4, -0.2) is 14.7 Å². The SMILES string of the molecule is CS(=O)(=O)c1cccc(Oc2cccc(S)c2)c1. The van der Waals surface area contributed by atoms with Gasteiger partial charge in [0.25, 0.3) is 0 Å². The van der Waals surface area contributed by atoms with E-state index in [0.29, 0.717) is 11.5 Å². The van der Waals surface area contributed by atoms with Gasteiger partial charge in [-0.05, 0) is 36.4 Å². The Kier molecular flexibility index (Phi) is 3.63. The molecule has 0 saturated heterocycles. The van der Waals surface area contributed by atoms with E-state index in [2.05, 4.69) is 12.6 Å². The molecular formula is C13H12O3S2. The molecule has 0 saturated carbocycles. The third-order valence-corrected chi connectivity index (χ3v) is 3.68. The largest absolute Gasteiger partial charge is 0.457 e. The van der Waals surface area contributed by atoms with E-state index in [-0.39, 0.29) is 4.90 Å². The lowest BCUT2D eigenvalue weighted by Crippen LogP contribution is -1.97. The molecule has 0 fully saturated rings. The minimum absolute atomic E-state index is 0.238. The zero-order chi connectivity index (χ0) is 13.2. The topological polar surface area (TPSA) is 43.4 Å². The lowest BCUT2D eigenvalue weighted by molar-refractivity contribution is 0.479. The van der Waals surface area contributed by atoms with Crippen LogP contribution in [0.5, 0.6) is 11.5 Å². The molecule has 3 nitrogen and oxygen atoms in total. The maximum atomic E-state index is 11.4. The van der Waals surface area contributed by atoms with E-state index in [1.807, 2.05) is 12.1 Å². The molecule has 0 radical (unpaired) electrons. The average molecular weight is 280 g/mol. The van der Waals surface area contributed by atoms with Crippen molar-refractivity contribution in [1.29, 1.82) is 0 Å². The van der Waals surface area contributed by atoms with Gasteiger partial charge >= 0.3 is 0 Å². The number of hydrogen-bond donors (Lipinski definition) is 1. The molecule has 0 aliphatic rings. The lowest BCUT2D eigenvalue weighted by atomic mass is 10.3. The molecule has 0 bridgehead atoms. The van der Waals surface area contributed by atoms with Gasteiger partial charge in [-0.1, -0.05) is 12.1 Å². The number of benzene rings is 2. The van der Waals surface area contributed by atoms with Crippen LogP contribution in [-0.2, 0) is 9.84 Å². The summed E-state index contributed by atoms with van der Waals surface area (Å²) in [5.41, 5.74) is 0. The van der Waals surface area contributed by atoms with Crippen molar-refractivity contribution >= 4 is 22.5 Å². The molecule has 2 rings (SSSR count). The van der Waals surface area contributed by atoms with Crippen molar-refractivity contribution in [3.8, 4) is 11.5 Å². The first-order chi connectivity index (χ1) is 8.45. The molecule has 2 aromatic rings. The predicted octanol–water partition coefficient (Wildman–Crippen LogP) is 3.17. The van der Waals surface area contributed by atoms with Crippen LogP contribution in [0.25, 0.3) is 0 Å². The molecule has 2 aromatic carbocycles. The second-order valence-electron chi connectivity index (χ2n) is 3.85. The van der Waals surface area contributed by atoms with Crippen LogP contribution in [0.1, 0.15) is 0 Å². The summed E-state index contributed by atoms with van der Waals surface area (Å²) in [6.45, 7) is 0. The Morgan fingerprint density at radius 1 is 1.00 bits per heavy atom. The minimum atomic E-state index is -3.22. The molecule has 0 unspecified atom stereocenters. The normalized spacial score (nSPS) is 11.2. The first-order valence-corrected chi connectivity index (χ1v) is 7.56. The molecule has 94 valence electrons. The van der Waals surface area contributed by atoms with Crippen molar-refractivity contribution in [2.45, 2.75) is 9.79 Å². The van der Waals surface area contributed by atoms with Gasteiger partial charge in [-0.15, -0.1) is 12.6 Å². The van der Waals surface area contributed by atoms with Gasteiger partial charge in [-0.2, -0.15) is 0 Å². The van der Waals surface area contributed by atoms with Gasteiger partial charge < -0.3 is 4.74 Å². The van der Waals surface area contributed by atoms with E-state index in [1.165, 1.54) is 18.4 Å². The van der Waals surface area contributed by atoms with Gasteiger partial charge in [0.1, 0.15) is 11.5 Å². The summed E-state index contributed by atoms with van der Waals surface area (Å²) >= 11 is 4.21. The van der Waals surface area contributed by atoms with Crippen LogP contribution in [0.2, 0.25) is 0 Å². The summed E-state index contributed by atoms with van der Waals surface area (Å²) in [6.07, 6.45) is 1.17. The van der Waals surface area contributed by atoms with Crippen molar-refractivity contribution in [3.05, 3.63) is 48.5 Å². The lowest BCUT2D eigenvalue weighted by Gasteiger charge is -2.07. The number of sulfone groups is 1. The molecule has 0 spiro atoms. The third kappa shape index (κ3) is 3.27. The summed E-state index contributed by atoms with van der Waals surface area (Å²) in [5, 5.41) is 0. The van der Waals surface area contributed by atoms with Gasteiger partial charge in [-0.3, -0.25) is 0 Å². The van der Waals surface area contributed by atoms with Crippen molar-refractivity contribution in [2.75, 3.05) is 6.26 Å². The van der Waals surface area contributed by atoms with Crippen LogP contribution < -0.4 is 4.74 Å². The number of rotatable bonds is 3. The molecule has 0 heterocycles. The molecule has 0 aromatic heterocycles. The maximum Gasteiger partial charge on any atom is 0.175 e. The highest BCUT2D eigenvalue weighted by molar-refractivity contribution is 7.90. The maximum absolute atomic E-state index is 11.4. The highest BCUT2D eigenvalue weighted by Crippen LogP contribution is 2.25. The van der Waals surface area contributed by atoms with Crippen molar-refractivity contribution in [2.24, 2.45) is 0 Å². The molecule has 0 amide bonds. The fourth-order valence-corrected chi connectivity index (χ4v) is 2.32. The van der Waals surface area contributed by atoms with E-state index in [0.717, 1.165) is 4.90 Å². The van der Waals surface area contributed by atoms with Gasteiger partial charge in [0.05, 0.1) is 4.90 Å². The van der Waals surface area contributed by atoms with E-state index in [9.17, 15) is 8.42 Å². The fraction of sp³-hybridized carbons (Fsp3) is 0.0769. The van der Waals surface area contributed by atoms with Crippen LogP contribution in [0.3, 0.4) is 0 Å². The van der Waals surface area contributed by atoms with Gasteiger partial charge in [-0.25, -0.2) is 8.42 Å². The summed E-state index contributed by atoms with van der Waals surface area (Å²) in [6, 6.07) is 13.6. The Morgan fingerprint density at radius 2 is 1.61 bits per heavy atom. The highest BCUT2D eigenvalue weighted by Gasteiger charge is 2.08. The average Bonchev–Trinajstić information content (AvgIpc) is 2.28. The Balaban J connectivity index is 2.30. The number of thiol groups is 1. The molecular weight excluding hydrogens is 268 g/mol. The standard InChI is InChI=1S/C13H12O3S2/c1-18(14,15)13-7-3-5-11(9-13)16-10-4-2-6-12(17)8-10/h2-9,17H,1H3. The Labute approximate surface area is 112 Å². The third-order valence-electron chi connectivity index (χ3n) is 2.29. The number of ether oxygens (including phenoxy) is 1. The molecule has 0 aliphatic carbocycles. The fourth-order valence-electron chi connectivity index (χ4n) is 1.45. The Morgan fingerprint density at radius 3 is 2.22 bits per heavy atom. The predicted molar refractivity (Wildman–Crippen MR) is 73.3 cm³/mol. The van der Waals surface area contributed by atoms with Crippen LogP contribution in [0.15, 0.2) is 58.3 Å². The highest BCUT2D eigenvalue weighted by atomic mass is 32.2. The van der Waals surface area contributed by atoms with Crippen LogP contribution >= 0.6 is 12.6 Å². The van der Waals surface area contributed by atoms with Crippen molar-refractivity contribution < 1.29 is 13.2 Å². The summed E-state index contributed by atoms with van der Waals surface area (Å²) < 4.78 is 28.4. The van der Waals surface area contributed by atoms with E-state index >= 15 is 0 Å². The van der Waals surface area contributed by atoms with Crippen LogP contribution in [0.4, 0.5) is 0 Å². The first kappa shape index (κ1) is 13.0. The van der Waals surface area contributed by atoms with Crippen molar-refractivity contribution in [1.82, 2.24) is 0 Å². The smallest absolute Gasteiger partial charge is 0.175 e. The monoisotopic (exact) mass is 280 g/mol. The van der Waals surface area contributed by atoms with E-state index < -0.39 is 9.84 Å². The Bertz CT molecular complexity index is 663. The molecule has 0 aliphatic heterocycles. The van der Waals surface area contributed by atoms with Crippen LogP contribution in [0, 0.1) is 0 Å². The molecule has 0 atom stereocenters.